The Morgan fingerprint density at radius 1 is 1.28 bits per heavy atom. The van der Waals surface area contributed by atoms with Crippen molar-refractivity contribution in [1.29, 1.82) is 0 Å². The first-order chi connectivity index (χ1) is 8.85. The summed E-state index contributed by atoms with van der Waals surface area (Å²) in [6.45, 7) is 0.752. The quantitative estimate of drug-likeness (QED) is 0.808. The van der Waals surface area contributed by atoms with Gasteiger partial charge in [-0.15, -0.1) is 0 Å². The van der Waals surface area contributed by atoms with Gasteiger partial charge in [0.1, 0.15) is 0 Å². The average Bonchev–Trinajstić information content (AvgIpc) is 2.44. The van der Waals surface area contributed by atoms with E-state index in [9.17, 15) is 0 Å². The molecule has 0 unspecified atom stereocenters. The van der Waals surface area contributed by atoms with E-state index in [1.54, 1.807) is 14.2 Å². The van der Waals surface area contributed by atoms with Crippen molar-refractivity contribution in [3.05, 3.63) is 23.8 Å². The summed E-state index contributed by atoms with van der Waals surface area (Å²) in [5.41, 5.74) is 1.06. The molecule has 4 nitrogen and oxygen atoms in total. The molecule has 2 aliphatic heterocycles. The van der Waals surface area contributed by atoms with Gasteiger partial charge in [0.2, 0.25) is 6.29 Å². The van der Waals surface area contributed by atoms with Crippen molar-refractivity contribution in [1.82, 2.24) is 0 Å². The molecule has 98 valence electrons. The predicted octanol–water partition coefficient (Wildman–Crippen LogP) is 2.53. The van der Waals surface area contributed by atoms with Gasteiger partial charge in [-0.05, 0) is 18.9 Å². The Kier molecular flexibility index (Phi) is 3.14. The number of hydrogen-bond acceptors (Lipinski definition) is 4. The smallest absolute Gasteiger partial charge is 0.205 e. The second-order valence-electron chi connectivity index (χ2n) is 4.70. The molecule has 1 aromatic rings. The van der Waals surface area contributed by atoms with E-state index in [0.29, 0.717) is 0 Å². The summed E-state index contributed by atoms with van der Waals surface area (Å²) in [7, 11) is 3.39. The lowest BCUT2D eigenvalue weighted by molar-refractivity contribution is -0.186. The average molecular weight is 250 g/mol. The third-order valence-corrected chi connectivity index (χ3v) is 3.73. The van der Waals surface area contributed by atoms with E-state index in [1.807, 2.05) is 18.2 Å². The third kappa shape index (κ3) is 1.76. The Hall–Kier alpha value is -1.26. The van der Waals surface area contributed by atoms with Crippen LogP contribution < -0.4 is 9.47 Å². The first-order valence-electron chi connectivity index (χ1n) is 6.33. The van der Waals surface area contributed by atoms with Crippen LogP contribution in [0.15, 0.2) is 18.2 Å². The van der Waals surface area contributed by atoms with E-state index in [4.69, 9.17) is 18.9 Å². The highest BCUT2D eigenvalue weighted by atomic mass is 16.7. The molecule has 0 amide bonds. The van der Waals surface area contributed by atoms with Gasteiger partial charge in [0.05, 0.1) is 25.7 Å². The van der Waals surface area contributed by atoms with E-state index in [1.165, 1.54) is 0 Å². The molecule has 0 N–H and O–H groups in total. The summed E-state index contributed by atoms with van der Waals surface area (Å²) in [4.78, 5) is 0. The highest BCUT2D eigenvalue weighted by Crippen LogP contribution is 2.47. The fourth-order valence-electron chi connectivity index (χ4n) is 2.89. The summed E-state index contributed by atoms with van der Waals surface area (Å²) in [5, 5.41) is 0. The van der Waals surface area contributed by atoms with Gasteiger partial charge in [-0.25, -0.2) is 0 Å². The fourth-order valence-corrected chi connectivity index (χ4v) is 2.89. The van der Waals surface area contributed by atoms with Gasteiger partial charge in [0.15, 0.2) is 11.5 Å². The van der Waals surface area contributed by atoms with E-state index in [0.717, 1.165) is 36.5 Å². The standard InChI is InChI=1S/C14H18O4/c1-15-11-7-3-5-9-12(16-2)10-6-4-8-17-14(10)18-13(9)11/h3,5,7,10,12,14H,4,6,8H2,1-2H3/t10-,12-,14+/m1/s1. The Morgan fingerprint density at radius 3 is 2.94 bits per heavy atom. The zero-order valence-electron chi connectivity index (χ0n) is 10.7. The molecule has 3 rings (SSSR count). The first kappa shape index (κ1) is 11.8. The molecule has 0 bridgehead atoms. The lowest BCUT2D eigenvalue weighted by Crippen LogP contribution is -2.42. The molecule has 0 radical (unpaired) electrons. The van der Waals surface area contributed by atoms with Crippen LogP contribution in [0.4, 0.5) is 0 Å². The van der Waals surface area contributed by atoms with Crippen LogP contribution in [0, 0.1) is 5.92 Å². The van der Waals surface area contributed by atoms with Crippen LogP contribution in [-0.2, 0) is 9.47 Å². The van der Waals surface area contributed by atoms with E-state index < -0.39 is 0 Å². The fraction of sp³-hybridized carbons (Fsp3) is 0.571. The normalized spacial score (nSPS) is 30.0. The van der Waals surface area contributed by atoms with Gasteiger partial charge in [0, 0.05) is 12.7 Å². The minimum Gasteiger partial charge on any atom is -0.493 e. The molecule has 0 aromatic heterocycles. The van der Waals surface area contributed by atoms with E-state index >= 15 is 0 Å². The van der Waals surface area contributed by atoms with Gasteiger partial charge in [-0.3, -0.25) is 0 Å². The zero-order chi connectivity index (χ0) is 12.5. The Bertz CT molecular complexity index is 432. The van der Waals surface area contributed by atoms with Gasteiger partial charge < -0.3 is 18.9 Å². The molecule has 0 saturated carbocycles. The van der Waals surface area contributed by atoms with Crippen molar-refractivity contribution >= 4 is 0 Å². The van der Waals surface area contributed by atoms with Gasteiger partial charge in [-0.2, -0.15) is 0 Å². The third-order valence-electron chi connectivity index (χ3n) is 3.73. The van der Waals surface area contributed by atoms with Crippen molar-refractivity contribution in [2.75, 3.05) is 20.8 Å². The van der Waals surface area contributed by atoms with Crippen molar-refractivity contribution in [3.63, 3.8) is 0 Å². The monoisotopic (exact) mass is 250 g/mol. The maximum Gasteiger partial charge on any atom is 0.205 e. The Labute approximate surface area is 107 Å². The molecule has 0 spiro atoms. The molecule has 1 fully saturated rings. The number of methoxy groups -OCH3 is 2. The van der Waals surface area contributed by atoms with Crippen LogP contribution in [0.3, 0.4) is 0 Å². The topological polar surface area (TPSA) is 36.9 Å². The van der Waals surface area contributed by atoms with Crippen LogP contribution in [-0.4, -0.2) is 27.1 Å². The molecular weight excluding hydrogens is 232 g/mol. The van der Waals surface area contributed by atoms with Crippen LogP contribution in [0.5, 0.6) is 11.5 Å². The number of hydrogen-bond donors (Lipinski definition) is 0. The molecule has 2 heterocycles. The van der Waals surface area contributed by atoms with Crippen LogP contribution in [0.1, 0.15) is 24.5 Å². The van der Waals surface area contributed by atoms with Crippen LogP contribution in [0.25, 0.3) is 0 Å². The summed E-state index contributed by atoms with van der Waals surface area (Å²) >= 11 is 0. The van der Waals surface area contributed by atoms with Crippen molar-refractivity contribution in [3.8, 4) is 11.5 Å². The lowest BCUT2D eigenvalue weighted by atomic mass is 9.87. The maximum absolute atomic E-state index is 5.96. The summed E-state index contributed by atoms with van der Waals surface area (Å²) in [5.74, 6) is 1.76. The minimum absolute atomic E-state index is 0.0224. The van der Waals surface area contributed by atoms with E-state index in [2.05, 4.69) is 0 Å². The predicted molar refractivity (Wildman–Crippen MR) is 65.8 cm³/mol. The highest BCUT2D eigenvalue weighted by molar-refractivity contribution is 5.49. The molecule has 1 saturated heterocycles. The summed E-state index contributed by atoms with van der Waals surface area (Å²) < 4.78 is 22.7. The van der Waals surface area contributed by atoms with Crippen LogP contribution >= 0.6 is 0 Å². The van der Waals surface area contributed by atoms with Gasteiger partial charge in [0.25, 0.3) is 0 Å². The van der Waals surface area contributed by atoms with E-state index in [-0.39, 0.29) is 18.3 Å². The first-order valence-corrected chi connectivity index (χ1v) is 6.33. The largest absolute Gasteiger partial charge is 0.493 e. The van der Waals surface area contributed by atoms with Crippen molar-refractivity contribution < 1.29 is 18.9 Å². The second-order valence-corrected chi connectivity index (χ2v) is 4.70. The summed E-state index contributed by atoms with van der Waals surface area (Å²) in [6, 6.07) is 5.91. The molecule has 1 aromatic carbocycles. The van der Waals surface area contributed by atoms with Gasteiger partial charge in [-0.1, -0.05) is 12.1 Å². The lowest BCUT2D eigenvalue weighted by Gasteiger charge is -2.41. The molecule has 18 heavy (non-hydrogen) atoms. The molecular formula is C14H18O4. The maximum atomic E-state index is 5.96. The molecule has 4 heteroatoms. The van der Waals surface area contributed by atoms with Crippen LogP contribution in [0.2, 0.25) is 0 Å². The molecule has 0 aliphatic carbocycles. The summed E-state index contributed by atoms with van der Waals surface area (Å²) in [6.07, 6.45) is 1.94. The Morgan fingerprint density at radius 2 is 2.17 bits per heavy atom. The zero-order valence-corrected chi connectivity index (χ0v) is 10.7. The van der Waals surface area contributed by atoms with Crippen molar-refractivity contribution in [2.45, 2.75) is 25.2 Å². The van der Waals surface area contributed by atoms with Crippen molar-refractivity contribution in [2.24, 2.45) is 5.92 Å². The second kappa shape index (κ2) is 4.78. The number of benzene rings is 1. The SMILES string of the molecule is COc1cccc2c1O[C@@H]1OCCC[C@@H]1[C@@H]2OC. The highest BCUT2D eigenvalue weighted by Gasteiger charge is 2.41. The Balaban J connectivity index is 2.04. The number of para-hydroxylation sites is 1. The molecule has 3 atom stereocenters. The number of ether oxygens (including phenoxy) is 4. The number of rotatable bonds is 2. The minimum atomic E-state index is -0.215. The number of fused-ring (bicyclic) bond motifs is 2. The van der Waals surface area contributed by atoms with Gasteiger partial charge >= 0.3 is 0 Å². The molecule has 2 aliphatic rings.